The Balaban J connectivity index is 1.76. The van der Waals surface area contributed by atoms with Crippen LogP contribution in [0.25, 0.3) is 0 Å². The average molecular weight is 600 g/mol. The molecular formula is C29H30F5NO5S. The number of hydrogen-bond donors (Lipinski definition) is 1. The van der Waals surface area contributed by atoms with Crippen molar-refractivity contribution < 1.29 is 45.0 Å². The van der Waals surface area contributed by atoms with Crippen molar-refractivity contribution in [1.29, 1.82) is 0 Å². The smallest absolute Gasteiger partial charge is 0.419 e. The van der Waals surface area contributed by atoms with Crippen molar-refractivity contribution in [2.45, 2.75) is 43.3 Å². The van der Waals surface area contributed by atoms with Gasteiger partial charge in [-0.25, -0.2) is 17.2 Å². The monoisotopic (exact) mass is 599 g/mol. The number of aliphatic carboxylic acids is 1. The van der Waals surface area contributed by atoms with Crippen LogP contribution in [0.3, 0.4) is 0 Å². The predicted octanol–water partition coefficient (Wildman–Crippen LogP) is 6.09. The summed E-state index contributed by atoms with van der Waals surface area (Å²) in [5.74, 6) is -3.93. The van der Waals surface area contributed by atoms with Gasteiger partial charge in [-0.05, 0) is 30.0 Å². The van der Waals surface area contributed by atoms with Gasteiger partial charge in [0.25, 0.3) is 0 Å². The molecule has 3 aromatic rings. The van der Waals surface area contributed by atoms with Gasteiger partial charge in [0.2, 0.25) is 0 Å². The lowest BCUT2D eigenvalue weighted by molar-refractivity contribution is -0.140. The normalized spacial score (nSPS) is 12.9. The highest BCUT2D eigenvalue weighted by atomic mass is 32.2. The van der Waals surface area contributed by atoms with E-state index in [1.54, 1.807) is 4.90 Å². The van der Waals surface area contributed by atoms with Crippen LogP contribution in [0.15, 0.2) is 65.6 Å². The van der Waals surface area contributed by atoms with Crippen molar-refractivity contribution in [3.63, 3.8) is 0 Å². The Hall–Kier alpha value is -3.51. The van der Waals surface area contributed by atoms with Crippen molar-refractivity contribution in [1.82, 2.24) is 4.90 Å². The topological polar surface area (TPSA) is 83.9 Å². The van der Waals surface area contributed by atoms with Crippen LogP contribution in [0, 0.1) is 11.6 Å². The Morgan fingerprint density at radius 3 is 2.34 bits per heavy atom. The van der Waals surface area contributed by atoms with E-state index < -0.39 is 56.1 Å². The molecular weight excluding hydrogens is 569 g/mol. The van der Waals surface area contributed by atoms with Gasteiger partial charge in [-0.1, -0.05) is 49.4 Å². The molecule has 0 bridgehead atoms. The Kier molecular flexibility index (Phi) is 10.5. The van der Waals surface area contributed by atoms with E-state index in [1.807, 2.05) is 37.3 Å². The minimum atomic E-state index is -4.84. The van der Waals surface area contributed by atoms with E-state index in [2.05, 4.69) is 0 Å². The number of alkyl halides is 3. The molecule has 0 heterocycles. The molecule has 0 amide bonds. The quantitative estimate of drug-likeness (QED) is 0.189. The van der Waals surface area contributed by atoms with Gasteiger partial charge in [0.15, 0.2) is 9.84 Å². The summed E-state index contributed by atoms with van der Waals surface area (Å²) in [6, 6.07) is 14.5. The molecule has 0 aliphatic carbocycles. The zero-order valence-electron chi connectivity index (χ0n) is 22.4. The maximum atomic E-state index is 14.8. The summed E-state index contributed by atoms with van der Waals surface area (Å²) >= 11 is 0. The second-order valence-corrected chi connectivity index (χ2v) is 11.7. The summed E-state index contributed by atoms with van der Waals surface area (Å²) in [4.78, 5) is 12.4. The number of carboxylic acids is 1. The van der Waals surface area contributed by atoms with Gasteiger partial charge >= 0.3 is 12.1 Å². The Morgan fingerprint density at radius 1 is 1.05 bits per heavy atom. The molecule has 0 spiro atoms. The molecule has 0 aliphatic rings. The number of rotatable bonds is 13. The molecule has 3 rings (SSSR count). The minimum absolute atomic E-state index is 0.0256. The summed E-state index contributed by atoms with van der Waals surface area (Å²) in [6.45, 7) is 2.46. The van der Waals surface area contributed by atoms with Crippen LogP contribution in [-0.2, 0) is 33.8 Å². The van der Waals surface area contributed by atoms with E-state index in [-0.39, 0.29) is 43.3 Å². The van der Waals surface area contributed by atoms with E-state index in [0.717, 1.165) is 30.0 Å². The largest absolute Gasteiger partial charge is 0.493 e. The maximum absolute atomic E-state index is 14.8. The summed E-state index contributed by atoms with van der Waals surface area (Å²) in [5, 5.41) is 9.01. The highest BCUT2D eigenvalue weighted by Gasteiger charge is 2.35. The molecule has 3 aromatic carbocycles. The zero-order valence-corrected chi connectivity index (χ0v) is 23.2. The fraction of sp³-hybridized carbons (Fsp3) is 0.345. The molecule has 1 unspecified atom stereocenters. The first-order chi connectivity index (χ1) is 19.2. The summed E-state index contributed by atoms with van der Waals surface area (Å²) < 4.78 is 99.0. The number of carboxylic acid groups (broad SMARTS) is 1. The average Bonchev–Trinajstić information content (AvgIpc) is 2.88. The van der Waals surface area contributed by atoms with Crippen LogP contribution < -0.4 is 4.74 Å². The molecule has 1 atom stereocenters. The number of nitrogens with zero attached hydrogens (tertiary/aromatic N) is 1. The van der Waals surface area contributed by atoms with Crippen LogP contribution in [0.2, 0.25) is 0 Å². The van der Waals surface area contributed by atoms with Crippen LogP contribution >= 0.6 is 0 Å². The van der Waals surface area contributed by atoms with Crippen molar-refractivity contribution in [3.8, 4) is 5.75 Å². The fourth-order valence-corrected chi connectivity index (χ4v) is 5.42. The summed E-state index contributed by atoms with van der Waals surface area (Å²) in [5.41, 5.74) is -0.945. The van der Waals surface area contributed by atoms with E-state index in [1.165, 1.54) is 6.07 Å². The molecule has 12 heteroatoms. The van der Waals surface area contributed by atoms with Crippen LogP contribution in [0.5, 0.6) is 5.75 Å². The molecule has 0 aromatic heterocycles. The van der Waals surface area contributed by atoms with Gasteiger partial charge in [-0.3, -0.25) is 9.69 Å². The second kappa shape index (κ2) is 13.4. The van der Waals surface area contributed by atoms with Gasteiger partial charge in [-0.2, -0.15) is 13.2 Å². The van der Waals surface area contributed by atoms with Gasteiger partial charge in [0.1, 0.15) is 17.4 Å². The van der Waals surface area contributed by atoms with Crippen LogP contribution in [0.4, 0.5) is 22.0 Å². The Morgan fingerprint density at radius 2 is 1.73 bits per heavy atom. The molecule has 6 nitrogen and oxygen atoms in total. The van der Waals surface area contributed by atoms with E-state index in [9.17, 15) is 35.2 Å². The lowest BCUT2D eigenvalue weighted by Crippen LogP contribution is -2.30. The molecule has 0 aliphatic heterocycles. The molecule has 41 heavy (non-hydrogen) atoms. The number of hydrogen-bond acceptors (Lipinski definition) is 5. The minimum Gasteiger partial charge on any atom is -0.493 e. The van der Waals surface area contributed by atoms with Crippen molar-refractivity contribution >= 4 is 15.8 Å². The van der Waals surface area contributed by atoms with Gasteiger partial charge in [0, 0.05) is 43.1 Å². The zero-order chi connectivity index (χ0) is 30.4. The number of carbonyl (C=O) groups is 1. The van der Waals surface area contributed by atoms with E-state index >= 15 is 0 Å². The second-order valence-electron chi connectivity index (χ2n) is 9.75. The number of ether oxygens (including phenoxy) is 1. The maximum Gasteiger partial charge on any atom is 0.419 e. The van der Waals surface area contributed by atoms with Gasteiger partial charge in [-0.15, -0.1) is 0 Å². The van der Waals surface area contributed by atoms with Crippen LogP contribution in [-0.4, -0.2) is 50.3 Å². The summed E-state index contributed by atoms with van der Waals surface area (Å²) in [7, 11) is -3.97. The Bertz CT molecular complexity index is 1460. The first kappa shape index (κ1) is 32.0. The third-order valence-electron chi connectivity index (χ3n) is 6.42. The third kappa shape index (κ3) is 8.99. The van der Waals surface area contributed by atoms with Gasteiger partial charge in [0.05, 0.1) is 23.5 Å². The van der Waals surface area contributed by atoms with E-state index in [0.29, 0.717) is 12.6 Å². The highest BCUT2D eigenvalue weighted by molar-refractivity contribution is 7.90. The third-order valence-corrected chi connectivity index (χ3v) is 7.58. The molecule has 222 valence electrons. The summed E-state index contributed by atoms with van der Waals surface area (Å²) in [6.07, 6.45) is -4.55. The predicted molar refractivity (Wildman–Crippen MR) is 142 cm³/mol. The SMILES string of the molecule is CC(CN(CCCOc1cc(F)c(CC(=O)O)c(S(C)(=O)=O)c1)Cc1cccc(C(F)(F)F)c1F)c1ccccc1. The first-order valence-corrected chi connectivity index (χ1v) is 14.5. The molecule has 0 radical (unpaired) electrons. The number of halogens is 5. The number of benzene rings is 3. The number of sulfone groups is 1. The fourth-order valence-electron chi connectivity index (χ4n) is 4.47. The lowest BCUT2D eigenvalue weighted by atomic mass is 10.00. The van der Waals surface area contributed by atoms with Crippen molar-refractivity contribution in [3.05, 3.63) is 94.6 Å². The first-order valence-electron chi connectivity index (χ1n) is 12.7. The standard InChI is InChI=1S/C29H30F5NO5S/c1-19(20-8-4-3-5-9-20)17-35(18-21-10-6-11-24(28(21)31)29(32,33)34)12-7-13-40-22-14-25(30)23(16-27(36)37)26(15-22)41(2,38)39/h3-6,8-11,14-15,19H,7,12-13,16-18H2,1-2H3,(H,36,37). The van der Waals surface area contributed by atoms with E-state index in [4.69, 9.17) is 9.84 Å². The molecule has 0 fully saturated rings. The van der Waals surface area contributed by atoms with Crippen LogP contribution in [0.1, 0.15) is 41.5 Å². The van der Waals surface area contributed by atoms with Crippen molar-refractivity contribution in [2.24, 2.45) is 0 Å². The molecule has 0 saturated heterocycles. The highest BCUT2D eigenvalue weighted by Crippen LogP contribution is 2.33. The van der Waals surface area contributed by atoms with Gasteiger partial charge < -0.3 is 9.84 Å². The van der Waals surface area contributed by atoms with Crippen molar-refractivity contribution in [2.75, 3.05) is 26.0 Å². The molecule has 0 saturated carbocycles. The lowest BCUT2D eigenvalue weighted by Gasteiger charge is -2.27. The molecule has 1 N–H and O–H groups in total. The Labute approximate surface area is 235 Å².